The van der Waals surface area contributed by atoms with Crippen molar-refractivity contribution in [2.24, 2.45) is 0 Å². The molecule has 0 spiro atoms. The van der Waals surface area contributed by atoms with Crippen molar-refractivity contribution < 1.29 is 17.9 Å². The lowest BCUT2D eigenvalue weighted by molar-refractivity contribution is 0.413. The van der Waals surface area contributed by atoms with Crippen LogP contribution in [0, 0.1) is 17.5 Å². The Bertz CT molecular complexity index is 594. The minimum absolute atomic E-state index is 0.0416. The second kappa shape index (κ2) is 5.34. The first-order chi connectivity index (χ1) is 8.99. The zero-order valence-corrected chi connectivity index (χ0v) is 10.6. The monoisotopic (exact) mass is 266 g/mol. The van der Waals surface area contributed by atoms with Crippen LogP contribution in [-0.2, 0) is 0 Å². The van der Waals surface area contributed by atoms with Crippen molar-refractivity contribution >= 4 is 0 Å². The Morgan fingerprint density at radius 1 is 0.947 bits per heavy atom. The molecule has 2 aromatic carbocycles. The van der Waals surface area contributed by atoms with E-state index in [1.807, 2.05) is 13.8 Å². The van der Waals surface area contributed by atoms with Crippen LogP contribution in [0.15, 0.2) is 36.4 Å². The molecule has 2 aromatic rings. The van der Waals surface area contributed by atoms with Gasteiger partial charge in [-0.3, -0.25) is 0 Å². The summed E-state index contributed by atoms with van der Waals surface area (Å²) in [5, 5.41) is 0. The third kappa shape index (κ3) is 2.89. The maximum atomic E-state index is 13.7. The van der Waals surface area contributed by atoms with Crippen molar-refractivity contribution in [2.75, 3.05) is 0 Å². The summed E-state index contributed by atoms with van der Waals surface area (Å²) in [6.45, 7) is 3.73. The highest BCUT2D eigenvalue weighted by Gasteiger charge is 2.12. The van der Waals surface area contributed by atoms with Gasteiger partial charge in [-0.2, -0.15) is 4.39 Å². The molecule has 0 heterocycles. The molecule has 0 N–H and O–H groups in total. The quantitative estimate of drug-likeness (QED) is 0.758. The Balaban J connectivity index is 2.29. The SMILES string of the molecule is CC(C)c1ccc(Oc2cccc(F)c2F)cc1F. The molecule has 0 fully saturated rings. The highest BCUT2D eigenvalue weighted by Crippen LogP contribution is 2.28. The van der Waals surface area contributed by atoms with Crippen molar-refractivity contribution in [3.8, 4) is 11.5 Å². The molecule has 0 aliphatic rings. The van der Waals surface area contributed by atoms with Crippen molar-refractivity contribution in [1.29, 1.82) is 0 Å². The lowest BCUT2D eigenvalue weighted by Crippen LogP contribution is -1.95. The summed E-state index contributed by atoms with van der Waals surface area (Å²) < 4.78 is 45.3. The normalized spacial score (nSPS) is 10.8. The van der Waals surface area contributed by atoms with Crippen molar-refractivity contribution in [3.63, 3.8) is 0 Å². The van der Waals surface area contributed by atoms with Crippen LogP contribution in [0.3, 0.4) is 0 Å². The van der Waals surface area contributed by atoms with Crippen LogP contribution in [-0.4, -0.2) is 0 Å². The summed E-state index contributed by atoms with van der Waals surface area (Å²) in [5.41, 5.74) is 0.548. The van der Waals surface area contributed by atoms with Gasteiger partial charge in [0.15, 0.2) is 11.6 Å². The largest absolute Gasteiger partial charge is 0.454 e. The third-order valence-electron chi connectivity index (χ3n) is 2.74. The number of halogens is 3. The van der Waals surface area contributed by atoms with Gasteiger partial charge in [0.2, 0.25) is 5.82 Å². The first-order valence-corrected chi connectivity index (χ1v) is 5.90. The van der Waals surface area contributed by atoms with Crippen molar-refractivity contribution in [3.05, 3.63) is 59.4 Å². The van der Waals surface area contributed by atoms with Gasteiger partial charge < -0.3 is 4.74 Å². The Hall–Kier alpha value is -1.97. The lowest BCUT2D eigenvalue weighted by Gasteiger charge is -2.10. The summed E-state index contributed by atoms with van der Waals surface area (Å²) in [5.74, 6) is -2.61. The Kier molecular flexibility index (Phi) is 3.79. The molecule has 2 rings (SSSR count). The Morgan fingerprint density at radius 2 is 1.68 bits per heavy atom. The minimum Gasteiger partial charge on any atom is -0.454 e. The summed E-state index contributed by atoms with van der Waals surface area (Å²) in [4.78, 5) is 0. The van der Waals surface area contributed by atoms with E-state index in [2.05, 4.69) is 0 Å². The fraction of sp³-hybridized carbons (Fsp3) is 0.200. The number of ether oxygens (including phenoxy) is 1. The van der Waals surface area contributed by atoms with E-state index in [4.69, 9.17) is 4.74 Å². The van der Waals surface area contributed by atoms with Crippen LogP contribution in [0.5, 0.6) is 11.5 Å². The van der Waals surface area contributed by atoms with Gasteiger partial charge in [-0.1, -0.05) is 26.0 Å². The molecule has 0 aromatic heterocycles. The second-order valence-electron chi connectivity index (χ2n) is 4.49. The summed E-state index contributed by atoms with van der Waals surface area (Å²) in [6.07, 6.45) is 0. The van der Waals surface area contributed by atoms with Crippen LogP contribution >= 0.6 is 0 Å². The van der Waals surface area contributed by atoms with E-state index < -0.39 is 17.5 Å². The third-order valence-corrected chi connectivity index (χ3v) is 2.74. The maximum absolute atomic E-state index is 13.7. The van der Waals surface area contributed by atoms with Gasteiger partial charge in [-0.25, -0.2) is 8.78 Å². The van der Waals surface area contributed by atoms with E-state index in [0.29, 0.717) is 5.56 Å². The molecule has 19 heavy (non-hydrogen) atoms. The molecular weight excluding hydrogens is 253 g/mol. The van der Waals surface area contributed by atoms with Crippen LogP contribution < -0.4 is 4.74 Å². The van der Waals surface area contributed by atoms with Crippen molar-refractivity contribution in [1.82, 2.24) is 0 Å². The van der Waals surface area contributed by atoms with E-state index in [1.165, 1.54) is 24.3 Å². The first kappa shape index (κ1) is 13.5. The van der Waals surface area contributed by atoms with Gasteiger partial charge in [0.1, 0.15) is 11.6 Å². The predicted molar refractivity (Wildman–Crippen MR) is 66.9 cm³/mol. The zero-order chi connectivity index (χ0) is 14.0. The topological polar surface area (TPSA) is 9.23 Å². The van der Waals surface area contributed by atoms with Gasteiger partial charge in [0.25, 0.3) is 0 Å². The highest BCUT2D eigenvalue weighted by molar-refractivity contribution is 5.35. The van der Waals surface area contributed by atoms with Crippen molar-refractivity contribution in [2.45, 2.75) is 19.8 Å². The highest BCUT2D eigenvalue weighted by atomic mass is 19.2. The molecule has 0 bridgehead atoms. The number of hydrogen-bond donors (Lipinski definition) is 0. The van der Waals surface area contributed by atoms with Crippen LogP contribution in [0.2, 0.25) is 0 Å². The van der Waals surface area contributed by atoms with Gasteiger partial charge in [0.05, 0.1) is 0 Å². The average molecular weight is 266 g/mol. The van der Waals surface area contributed by atoms with Gasteiger partial charge in [0, 0.05) is 6.07 Å². The molecule has 100 valence electrons. The smallest absolute Gasteiger partial charge is 0.201 e. The molecule has 0 radical (unpaired) electrons. The summed E-state index contributed by atoms with van der Waals surface area (Å²) >= 11 is 0. The first-order valence-electron chi connectivity index (χ1n) is 5.90. The molecule has 0 saturated carbocycles. The lowest BCUT2D eigenvalue weighted by atomic mass is 10.0. The van der Waals surface area contributed by atoms with Gasteiger partial charge in [-0.05, 0) is 29.7 Å². The van der Waals surface area contributed by atoms with Gasteiger partial charge in [-0.15, -0.1) is 0 Å². The molecule has 0 atom stereocenters. The number of hydrogen-bond acceptors (Lipinski definition) is 1. The van der Waals surface area contributed by atoms with Gasteiger partial charge >= 0.3 is 0 Å². The molecule has 1 nitrogen and oxygen atoms in total. The van der Waals surface area contributed by atoms with E-state index in [9.17, 15) is 13.2 Å². The zero-order valence-electron chi connectivity index (χ0n) is 10.6. The molecule has 0 saturated heterocycles. The van der Waals surface area contributed by atoms with Crippen LogP contribution in [0.25, 0.3) is 0 Å². The predicted octanol–water partition coefficient (Wildman–Crippen LogP) is 5.02. The molecule has 0 aliphatic carbocycles. The van der Waals surface area contributed by atoms with E-state index in [0.717, 1.165) is 6.07 Å². The van der Waals surface area contributed by atoms with Crippen LogP contribution in [0.4, 0.5) is 13.2 Å². The maximum Gasteiger partial charge on any atom is 0.201 e. The van der Waals surface area contributed by atoms with Crippen LogP contribution in [0.1, 0.15) is 25.3 Å². The Labute approximate surface area is 109 Å². The average Bonchev–Trinajstić information content (AvgIpc) is 2.34. The standard InChI is InChI=1S/C15H13F3O/c1-9(2)11-7-6-10(8-13(11)17)19-14-5-3-4-12(16)15(14)18/h3-9H,1-2H3. The van der Waals surface area contributed by atoms with E-state index >= 15 is 0 Å². The summed E-state index contributed by atoms with van der Waals surface area (Å²) in [7, 11) is 0. The number of benzene rings is 2. The molecule has 0 unspecified atom stereocenters. The molecule has 4 heteroatoms. The summed E-state index contributed by atoms with van der Waals surface area (Å²) in [6, 6.07) is 7.87. The van der Waals surface area contributed by atoms with E-state index in [1.54, 1.807) is 6.07 Å². The molecule has 0 amide bonds. The minimum atomic E-state index is -1.09. The molecule has 0 aliphatic heterocycles. The second-order valence-corrected chi connectivity index (χ2v) is 4.49. The Morgan fingerprint density at radius 3 is 2.32 bits per heavy atom. The fourth-order valence-electron chi connectivity index (χ4n) is 1.73. The number of rotatable bonds is 3. The van der Waals surface area contributed by atoms with E-state index in [-0.39, 0.29) is 17.4 Å². The molecular formula is C15H13F3O. The fourth-order valence-corrected chi connectivity index (χ4v) is 1.73.